The van der Waals surface area contributed by atoms with Crippen molar-refractivity contribution >= 4 is 11.5 Å². The normalized spacial score (nSPS) is 12.7. The molecule has 3 nitrogen and oxygen atoms in total. The van der Waals surface area contributed by atoms with E-state index < -0.39 is 11.6 Å². The number of rotatable bonds is 4. The van der Waals surface area contributed by atoms with Gasteiger partial charge in [-0.3, -0.25) is 0 Å². The highest BCUT2D eigenvalue weighted by atomic mass is 32.1. The lowest BCUT2D eigenvalue weighted by Gasteiger charge is -2.10. The molecule has 2 N–H and O–H groups in total. The Morgan fingerprint density at radius 1 is 1.28 bits per heavy atom. The van der Waals surface area contributed by atoms with E-state index in [0.29, 0.717) is 12.0 Å². The third kappa shape index (κ3) is 2.88. The number of hydrogen-bond acceptors (Lipinski definition) is 4. The quantitative estimate of drug-likeness (QED) is 0.928. The third-order valence-electron chi connectivity index (χ3n) is 2.63. The monoisotopic (exact) mass is 269 g/mol. The molecule has 96 valence electrons. The van der Waals surface area contributed by atoms with Crippen LogP contribution in [0, 0.1) is 11.6 Å². The summed E-state index contributed by atoms with van der Waals surface area (Å²) in [5.74, 6) is -1.18. The Balaban J connectivity index is 2.18. The van der Waals surface area contributed by atoms with E-state index in [1.165, 1.54) is 23.7 Å². The van der Waals surface area contributed by atoms with Gasteiger partial charge in [0, 0.05) is 12.1 Å². The summed E-state index contributed by atoms with van der Waals surface area (Å²) >= 11 is 1.24. The molecule has 1 unspecified atom stereocenters. The Hall–Kier alpha value is -1.40. The van der Waals surface area contributed by atoms with Crippen molar-refractivity contribution in [3.05, 3.63) is 46.0 Å². The van der Waals surface area contributed by atoms with Gasteiger partial charge in [-0.15, -0.1) is 5.10 Å². The van der Waals surface area contributed by atoms with Crippen LogP contribution >= 0.6 is 11.5 Å². The predicted molar refractivity (Wildman–Crippen MR) is 66.3 cm³/mol. The summed E-state index contributed by atoms with van der Waals surface area (Å²) in [4.78, 5) is 0.877. The SMILES string of the molecule is CCc1nnsc1C(N)Cc1cc(F)cc(F)c1. The highest BCUT2D eigenvalue weighted by Gasteiger charge is 2.15. The summed E-state index contributed by atoms with van der Waals surface area (Å²) in [5, 5.41) is 3.97. The van der Waals surface area contributed by atoms with E-state index in [-0.39, 0.29) is 6.04 Å². The summed E-state index contributed by atoms with van der Waals surface area (Å²) in [7, 11) is 0. The van der Waals surface area contributed by atoms with E-state index in [2.05, 4.69) is 9.59 Å². The molecule has 18 heavy (non-hydrogen) atoms. The molecule has 6 heteroatoms. The molecule has 0 saturated heterocycles. The molecule has 1 heterocycles. The zero-order valence-electron chi connectivity index (χ0n) is 9.86. The van der Waals surface area contributed by atoms with Crippen LogP contribution in [-0.4, -0.2) is 9.59 Å². The van der Waals surface area contributed by atoms with Crippen LogP contribution in [0.2, 0.25) is 0 Å². The second-order valence-corrected chi connectivity index (χ2v) is 4.81. The fraction of sp³-hybridized carbons (Fsp3) is 0.333. The first-order chi connectivity index (χ1) is 8.60. The van der Waals surface area contributed by atoms with E-state index in [0.717, 1.165) is 23.1 Å². The first-order valence-electron chi connectivity index (χ1n) is 5.61. The smallest absolute Gasteiger partial charge is 0.126 e. The molecule has 0 saturated carbocycles. The fourth-order valence-electron chi connectivity index (χ4n) is 1.82. The second kappa shape index (κ2) is 5.49. The number of hydrogen-bond donors (Lipinski definition) is 1. The summed E-state index contributed by atoms with van der Waals surface area (Å²) < 4.78 is 30.0. The Morgan fingerprint density at radius 3 is 2.56 bits per heavy atom. The van der Waals surface area contributed by atoms with Gasteiger partial charge in [0.25, 0.3) is 0 Å². The predicted octanol–water partition coefficient (Wildman–Crippen LogP) is 2.62. The van der Waals surface area contributed by atoms with E-state index >= 15 is 0 Å². The van der Waals surface area contributed by atoms with Crippen molar-refractivity contribution in [2.75, 3.05) is 0 Å². The summed E-state index contributed by atoms with van der Waals surface area (Å²) in [6.45, 7) is 1.97. The molecule has 0 bridgehead atoms. The summed E-state index contributed by atoms with van der Waals surface area (Å²) in [6.07, 6.45) is 1.11. The first kappa shape index (κ1) is 13.0. The molecule has 0 radical (unpaired) electrons. The maximum Gasteiger partial charge on any atom is 0.126 e. The van der Waals surface area contributed by atoms with Gasteiger partial charge < -0.3 is 5.73 Å². The van der Waals surface area contributed by atoms with E-state index in [4.69, 9.17) is 5.73 Å². The Labute approximate surface area is 108 Å². The van der Waals surface area contributed by atoms with Crippen LogP contribution in [-0.2, 0) is 12.8 Å². The second-order valence-electron chi connectivity index (χ2n) is 4.03. The van der Waals surface area contributed by atoms with Crippen molar-refractivity contribution in [3.8, 4) is 0 Å². The number of benzene rings is 1. The van der Waals surface area contributed by atoms with Gasteiger partial charge in [0.1, 0.15) is 11.6 Å². The van der Waals surface area contributed by atoms with Gasteiger partial charge in [0.05, 0.1) is 10.6 Å². The molecule has 2 aromatic rings. The van der Waals surface area contributed by atoms with Crippen LogP contribution in [0.1, 0.15) is 29.1 Å². The lowest BCUT2D eigenvalue weighted by atomic mass is 10.0. The minimum atomic E-state index is -0.588. The van der Waals surface area contributed by atoms with Crippen LogP contribution < -0.4 is 5.73 Å². The molecule has 0 aliphatic carbocycles. The van der Waals surface area contributed by atoms with Crippen LogP contribution in [0.5, 0.6) is 0 Å². The first-order valence-corrected chi connectivity index (χ1v) is 6.39. The molecule has 0 aliphatic rings. The zero-order valence-corrected chi connectivity index (χ0v) is 10.7. The van der Waals surface area contributed by atoms with Crippen LogP contribution in [0.4, 0.5) is 8.78 Å². The van der Waals surface area contributed by atoms with Gasteiger partial charge in [-0.1, -0.05) is 11.4 Å². The van der Waals surface area contributed by atoms with Gasteiger partial charge >= 0.3 is 0 Å². The summed E-state index contributed by atoms with van der Waals surface area (Å²) in [5.41, 5.74) is 7.42. The van der Waals surface area contributed by atoms with E-state index in [1.54, 1.807) is 0 Å². The van der Waals surface area contributed by atoms with Crippen molar-refractivity contribution < 1.29 is 8.78 Å². The topological polar surface area (TPSA) is 51.8 Å². The van der Waals surface area contributed by atoms with Gasteiger partial charge in [-0.05, 0) is 42.1 Å². The number of halogens is 2. The summed E-state index contributed by atoms with van der Waals surface area (Å²) in [6, 6.07) is 3.11. The molecule has 0 spiro atoms. The molecular weight excluding hydrogens is 256 g/mol. The fourth-order valence-corrected chi connectivity index (χ4v) is 2.55. The largest absolute Gasteiger partial charge is 0.323 e. The maximum absolute atomic E-state index is 13.1. The van der Waals surface area contributed by atoms with Crippen LogP contribution in [0.25, 0.3) is 0 Å². The minimum Gasteiger partial charge on any atom is -0.323 e. The highest BCUT2D eigenvalue weighted by molar-refractivity contribution is 7.05. The molecule has 1 atom stereocenters. The van der Waals surface area contributed by atoms with Crippen LogP contribution in [0.15, 0.2) is 18.2 Å². The third-order valence-corrected chi connectivity index (χ3v) is 3.53. The molecule has 0 fully saturated rings. The average Bonchev–Trinajstić information content (AvgIpc) is 2.75. The zero-order chi connectivity index (χ0) is 13.1. The Kier molecular flexibility index (Phi) is 3.98. The number of nitrogens with zero attached hydrogens (tertiary/aromatic N) is 2. The number of nitrogens with two attached hydrogens (primary N) is 1. The van der Waals surface area contributed by atoms with E-state index in [1.807, 2.05) is 6.92 Å². The molecule has 0 aliphatic heterocycles. The average molecular weight is 269 g/mol. The number of aryl methyl sites for hydroxylation is 1. The standard InChI is InChI=1S/C12H13F2N3S/c1-2-11-12(18-17-16-11)10(15)5-7-3-8(13)6-9(14)4-7/h3-4,6,10H,2,5,15H2,1H3. The lowest BCUT2D eigenvalue weighted by Crippen LogP contribution is -2.14. The number of aromatic nitrogens is 2. The Bertz CT molecular complexity index is 522. The van der Waals surface area contributed by atoms with Gasteiger partial charge in [0.2, 0.25) is 0 Å². The van der Waals surface area contributed by atoms with E-state index in [9.17, 15) is 8.78 Å². The van der Waals surface area contributed by atoms with Crippen molar-refractivity contribution in [2.24, 2.45) is 5.73 Å². The lowest BCUT2D eigenvalue weighted by molar-refractivity contribution is 0.576. The maximum atomic E-state index is 13.1. The van der Waals surface area contributed by atoms with Crippen molar-refractivity contribution in [3.63, 3.8) is 0 Å². The molecule has 1 aromatic heterocycles. The van der Waals surface area contributed by atoms with Gasteiger partial charge in [0.15, 0.2) is 0 Å². The van der Waals surface area contributed by atoms with Crippen molar-refractivity contribution in [1.82, 2.24) is 9.59 Å². The molecule has 2 rings (SSSR count). The van der Waals surface area contributed by atoms with Crippen LogP contribution in [0.3, 0.4) is 0 Å². The molecule has 1 aromatic carbocycles. The Morgan fingerprint density at radius 2 is 1.94 bits per heavy atom. The van der Waals surface area contributed by atoms with Crippen molar-refractivity contribution in [2.45, 2.75) is 25.8 Å². The molecular formula is C12H13F2N3S. The highest BCUT2D eigenvalue weighted by Crippen LogP contribution is 2.23. The van der Waals surface area contributed by atoms with Gasteiger partial charge in [-0.25, -0.2) is 8.78 Å². The minimum absolute atomic E-state index is 0.332. The van der Waals surface area contributed by atoms with Crippen molar-refractivity contribution in [1.29, 1.82) is 0 Å². The molecule has 0 amide bonds. The van der Waals surface area contributed by atoms with Gasteiger partial charge in [-0.2, -0.15) is 0 Å².